The molecule has 0 atom stereocenters. The number of nitrogens with one attached hydrogen (secondary N) is 1. The number of carbonyl (C=O) groups is 1. The first kappa shape index (κ1) is 16.5. The minimum absolute atomic E-state index is 0.00419. The molecule has 1 aromatic carbocycles. The van der Waals surface area contributed by atoms with Crippen molar-refractivity contribution in [3.63, 3.8) is 0 Å². The molecule has 0 spiro atoms. The Kier molecular flexibility index (Phi) is 5.97. The van der Waals surface area contributed by atoms with Crippen molar-refractivity contribution in [1.82, 2.24) is 4.98 Å². The van der Waals surface area contributed by atoms with Gasteiger partial charge in [-0.3, -0.25) is 4.79 Å². The molecule has 2 rings (SSSR count). The van der Waals surface area contributed by atoms with Crippen molar-refractivity contribution in [3.8, 4) is 5.75 Å². The van der Waals surface area contributed by atoms with Crippen LogP contribution in [0.25, 0.3) is 0 Å². The molecule has 1 aromatic heterocycles. The Hall–Kier alpha value is -1.86. The van der Waals surface area contributed by atoms with Gasteiger partial charge in [0.05, 0.1) is 15.8 Å². The van der Waals surface area contributed by atoms with E-state index < -0.39 is 6.61 Å². The van der Waals surface area contributed by atoms with Gasteiger partial charge in [0.25, 0.3) is 0 Å². The zero-order valence-corrected chi connectivity index (χ0v) is 12.7. The van der Waals surface area contributed by atoms with Crippen molar-refractivity contribution in [2.75, 3.05) is 11.1 Å². The van der Waals surface area contributed by atoms with Crippen molar-refractivity contribution in [1.29, 1.82) is 0 Å². The summed E-state index contributed by atoms with van der Waals surface area (Å²) in [5.74, 6) is -0.226. The average Bonchev–Trinajstić information content (AvgIpc) is 2.49. The van der Waals surface area contributed by atoms with Crippen molar-refractivity contribution >= 4 is 35.0 Å². The highest BCUT2D eigenvalue weighted by Gasteiger charge is 2.10. The Morgan fingerprint density at radius 3 is 2.82 bits per heavy atom. The molecule has 116 valence electrons. The number of ether oxygens (including phenoxy) is 1. The van der Waals surface area contributed by atoms with Gasteiger partial charge in [-0.25, -0.2) is 4.98 Å². The largest absolute Gasteiger partial charge is 0.433 e. The predicted molar refractivity (Wildman–Crippen MR) is 81.7 cm³/mol. The second-order valence-electron chi connectivity index (χ2n) is 4.03. The van der Waals surface area contributed by atoms with E-state index in [1.54, 1.807) is 18.3 Å². The van der Waals surface area contributed by atoms with Gasteiger partial charge in [0, 0.05) is 11.9 Å². The molecule has 0 unspecified atom stereocenters. The van der Waals surface area contributed by atoms with E-state index in [1.165, 1.54) is 30.0 Å². The van der Waals surface area contributed by atoms with Gasteiger partial charge in [-0.05, 0) is 30.3 Å². The van der Waals surface area contributed by atoms with Crippen LogP contribution in [0, 0.1) is 0 Å². The van der Waals surface area contributed by atoms with Crippen LogP contribution in [0.4, 0.5) is 14.5 Å². The summed E-state index contributed by atoms with van der Waals surface area (Å²) < 4.78 is 28.4. The van der Waals surface area contributed by atoms with Crippen molar-refractivity contribution in [3.05, 3.63) is 47.6 Å². The molecule has 8 heteroatoms. The van der Waals surface area contributed by atoms with Gasteiger partial charge in [0.2, 0.25) is 5.91 Å². The van der Waals surface area contributed by atoms with Crippen LogP contribution in [0.1, 0.15) is 0 Å². The van der Waals surface area contributed by atoms with Gasteiger partial charge in [0.15, 0.2) is 0 Å². The van der Waals surface area contributed by atoms with Gasteiger partial charge in [-0.1, -0.05) is 29.4 Å². The number of hydrogen-bond acceptors (Lipinski definition) is 4. The molecule has 0 bridgehead atoms. The predicted octanol–water partition coefficient (Wildman–Crippen LogP) is 4.07. The lowest BCUT2D eigenvalue weighted by Crippen LogP contribution is -2.14. The van der Waals surface area contributed by atoms with Gasteiger partial charge in [-0.2, -0.15) is 8.78 Å². The molecule has 4 nitrogen and oxygen atoms in total. The van der Waals surface area contributed by atoms with Crippen LogP contribution in [-0.2, 0) is 4.79 Å². The number of pyridine rings is 1. The number of halogens is 3. The lowest BCUT2D eigenvalue weighted by Gasteiger charge is -2.09. The summed E-state index contributed by atoms with van der Waals surface area (Å²) in [5, 5.41) is 3.35. The Morgan fingerprint density at radius 2 is 2.18 bits per heavy atom. The molecule has 2 aromatic rings. The van der Waals surface area contributed by atoms with E-state index in [0.29, 0.717) is 5.69 Å². The number of carbonyl (C=O) groups excluding carboxylic acids is 1. The van der Waals surface area contributed by atoms with E-state index >= 15 is 0 Å². The number of hydrogen-bond donors (Lipinski definition) is 1. The number of amides is 1. The second kappa shape index (κ2) is 7.95. The monoisotopic (exact) mass is 344 g/mol. The van der Waals surface area contributed by atoms with Crippen LogP contribution < -0.4 is 10.1 Å². The summed E-state index contributed by atoms with van der Waals surface area (Å²) in [7, 11) is 0. The minimum atomic E-state index is -2.95. The molecule has 0 aliphatic rings. The first-order valence-corrected chi connectivity index (χ1v) is 7.49. The molecule has 22 heavy (non-hydrogen) atoms. The normalized spacial score (nSPS) is 10.5. The van der Waals surface area contributed by atoms with Crippen molar-refractivity contribution < 1.29 is 18.3 Å². The van der Waals surface area contributed by atoms with E-state index in [0.717, 1.165) is 5.03 Å². The number of alkyl halides is 2. The third-order valence-corrected chi connectivity index (χ3v) is 3.66. The van der Waals surface area contributed by atoms with Crippen molar-refractivity contribution in [2.45, 2.75) is 11.6 Å². The lowest BCUT2D eigenvalue weighted by molar-refractivity contribution is -0.113. The van der Waals surface area contributed by atoms with Crippen LogP contribution in [0.5, 0.6) is 5.75 Å². The van der Waals surface area contributed by atoms with Crippen LogP contribution in [-0.4, -0.2) is 23.3 Å². The summed E-state index contributed by atoms with van der Waals surface area (Å²) >= 11 is 7.09. The molecule has 0 aliphatic carbocycles. The molecule has 1 amide bonds. The van der Waals surface area contributed by atoms with E-state index in [4.69, 9.17) is 11.6 Å². The number of rotatable bonds is 6. The first-order valence-electron chi connectivity index (χ1n) is 6.12. The van der Waals surface area contributed by atoms with Crippen LogP contribution in [0.2, 0.25) is 5.02 Å². The maximum atomic E-state index is 12.1. The summed E-state index contributed by atoms with van der Waals surface area (Å²) in [6.45, 7) is -2.95. The average molecular weight is 345 g/mol. The smallest absolute Gasteiger partial charge is 0.387 e. The number of aromatic nitrogens is 1. The van der Waals surface area contributed by atoms with Gasteiger partial charge >= 0.3 is 6.61 Å². The molecule has 0 radical (unpaired) electrons. The topological polar surface area (TPSA) is 51.2 Å². The number of nitrogens with zero attached hydrogens (tertiary/aromatic N) is 1. The fourth-order valence-corrected chi connectivity index (χ4v) is 2.43. The molecule has 0 aliphatic heterocycles. The third-order valence-electron chi connectivity index (χ3n) is 2.42. The Balaban J connectivity index is 1.90. The van der Waals surface area contributed by atoms with E-state index in [9.17, 15) is 13.6 Å². The highest BCUT2D eigenvalue weighted by Crippen LogP contribution is 2.29. The van der Waals surface area contributed by atoms with Crippen molar-refractivity contribution in [2.24, 2.45) is 0 Å². The summed E-state index contributed by atoms with van der Waals surface area (Å²) in [4.78, 5) is 15.9. The number of thioether (sulfide) groups is 1. The van der Waals surface area contributed by atoms with Gasteiger partial charge in [-0.15, -0.1) is 0 Å². The fraction of sp³-hybridized carbons (Fsp3) is 0.143. The molecule has 1 heterocycles. The summed E-state index contributed by atoms with van der Waals surface area (Å²) in [6.07, 6.45) is 1.64. The molecular formula is C14H11ClF2N2O2S. The molecule has 0 fully saturated rings. The maximum absolute atomic E-state index is 12.1. The standard InChI is InChI=1S/C14H11ClF2N2O2S/c15-10-7-9(4-5-11(10)21-14(16)17)19-12(20)8-22-13-3-1-2-6-18-13/h1-7,14H,8H2,(H,19,20). The lowest BCUT2D eigenvalue weighted by atomic mass is 10.3. The van der Waals surface area contributed by atoms with Gasteiger partial charge in [0.1, 0.15) is 5.75 Å². The fourth-order valence-electron chi connectivity index (χ4n) is 1.54. The van der Waals surface area contributed by atoms with Gasteiger partial charge < -0.3 is 10.1 Å². The number of anilines is 1. The second-order valence-corrected chi connectivity index (χ2v) is 5.43. The minimum Gasteiger partial charge on any atom is -0.433 e. The molecule has 0 saturated carbocycles. The number of benzene rings is 1. The summed E-state index contributed by atoms with van der Waals surface area (Å²) in [5.41, 5.74) is 0.401. The summed E-state index contributed by atoms with van der Waals surface area (Å²) in [6, 6.07) is 9.47. The third kappa shape index (κ3) is 5.16. The Bertz CT molecular complexity index is 644. The van der Waals surface area contributed by atoms with E-state index in [2.05, 4.69) is 15.0 Å². The molecule has 1 N–H and O–H groups in total. The van der Waals surface area contributed by atoms with Crippen LogP contribution in [0.3, 0.4) is 0 Å². The van der Waals surface area contributed by atoms with E-state index in [-0.39, 0.29) is 22.4 Å². The SMILES string of the molecule is O=C(CSc1ccccn1)Nc1ccc(OC(F)F)c(Cl)c1. The molecule has 0 saturated heterocycles. The maximum Gasteiger partial charge on any atom is 0.387 e. The quantitative estimate of drug-likeness (QED) is 0.803. The van der Waals surface area contributed by atoms with Crippen LogP contribution in [0.15, 0.2) is 47.6 Å². The Morgan fingerprint density at radius 1 is 1.36 bits per heavy atom. The first-order chi connectivity index (χ1) is 10.5. The zero-order chi connectivity index (χ0) is 15.9. The van der Waals surface area contributed by atoms with Crippen LogP contribution >= 0.6 is 23.4 Å². The Labute approximate surface area is 134 Å². The highest BCUT2D eigenvalue weighted by molar-refractivity contribution is 7.99. The highest BCUT2D eigenvalue weighted by atomic mass is 35.5. The molecular weight excluding hydrogens is 334 g/mol. The van der Waals surface area contributed by atoms with E-state index in [1.807, 2.05) is 6.07 Å². The zero-order valence-electron chi connectivity index (χ0n) is 11.1.